The van der Waals surface area contributed by atoms with Gasteiger partial charge in [0.25, 0.3) is 0 Å². The second kappa shape index (κ2) is 6.40. The molecule has 2 aromatic rings. The number of hydrogen-bond acceptors (Lipinski definition) is 7. The molecule has 1 atom stereocenters. The van der Waals surface area contributed by atoms with Crippen LogP contribution in [0.4, 0.5) is 5.95 Å². The number of anilines is 1. The average molecular weight is 278 g/mol. The highest BCUT2D eigenvalue weighted by Gasteiger charge is 2.12. The zero-order valence-electron chi connectivity index (χ0n) is 11.7. The topological polar surface area (TPSA) is 98.0 Å². The highest BCUT2D eigenvalue weighted by Crippen LogP contribution is 2.18. The Morgan fingerprint density at radius 1 is 1.45 bits per heavy atom. The van der Waals surface area contributed by atoms with Crippen molar-refractivity contribution in [1.29, 1.82) is 0 Å². The van der Waals surface area contributed by atoms with E-state index in [1.165, 1.54) is 13.4 Å². The van der Waals surface area contributed by atoms with Gasteiger partial charge in [-0.25, -0.2) is 19.6 Å². The van der Waals surface area contributed by atoms with Gasteiger partial charge in [0.1, 0.15) is 12.0 Å². The lowest BCUT2D eigenvalue weighted by molar-refractivity contribution is 0.0726. The predicted molar refractivity (Wildman–Crippen MR) is 73.1 cm³/mol. The summed E-state index contributed by atoms with van der Waals surface area (Å²) in [5, 5.41) is 16.6. The van der Waals surface area contributed by atoms with Gasteiger partial charge in [0, 0.05) is 26.9 Å². The number of aryl methyl sites for hydroxylation is 2. The third kappa shape index (κ3) is 3.28. The van der Waals surface area contributed by atoms with Gasteiger partial charge in [-0.15, -0.1) is 0 Å². The van der Waals surface area contributed by atoms with Crippen molar-refractivity contribution in [2.24, 2.45) is 7.05 Å². The summed E-state index contributed by atoms with van der Waals surface area (Å²) < 4.78 is 6.51. The Bertz CT molecular complexity index is 571. The Balaban J connectivity index is 2.15. The molecule has 0 aliphatic heterocycles. The van der Waals surface area contributed by atoms with Gasteiger partial charge >= 0.3 is 0 Å². The van der Waals surface area contributed by atoms with Crippen LogP contribution < -0.4 is 5.32 Å². The van der Waals surface area contributed by atoms with Crippen LogP contribution in [0.15, 0.2) is 12.5 Å². The molecule has 8 heteroatoms. The number of methoxy groups -OCH3 is 1. The second-order valence-electron chi connectivity index (χ2n) is 4.42. The maximum absolute atomic E-state index is 9.59. The molecular weight excluding hydrogens is 260 g/mol. The number of aromatic nitrogens is 5. The zero-order valence-corrected chi connectivity index (χ0v) is 11.7. The standard InChI is InChI=1S/C12H18N6O2/c1-8-4-13-12(14-5-9(19)6-20-3)17-10(8)11-15-7-16-18(11)2/h4,7,9,19H,5-6H2,1-3H3,(H,13,14,17). The van der Waals surface area contributed by atoms with Crippen LogP contribution in [-0.2, 0) is 11.8 Å². The van der Waals surface area contributed by atoms with Crippen LogP contribution in [0.2, 0.25) is 0 Å². The summed E-state index contributed by atoms with van der Waals surface area (Å²) in [5.41, 5.74) is 1.62. The van der Waals surface area contributed by atoms with Gasteiger partial charge < -0.3 is 15.2 Å². The molecule has 0 radical (unpaired) electrons. The first-order valence-electron chi connectivity index (χ1n) is 6.20. The highest BCUT2D eigenvalue weighted by molar-refractivity contribution is 5.55. The second-order valence-corrected chi connectivity index (χ2v) is 4.42. The quantitative estimate of drug-likeness (QED) is 0.767. The molecule has 0 bridgehead atoms. The Hall–Kier alpha value is -2.06. The Morgan fingerprint density at radius 2 is 2.25 bits per heavy atom. The number of nitrogens with zero attached hydrogens (tertiary/aromatic N) is 5. The average Bonchev–Trinajstić information content (AvgIpc) is 2.84. The molecule has 8 nitrogen and oxygen atoms in total. The van der Waals surface area contributed by atoms with E-state index in [1.807, 2.05) is 6.92 Å². The number of rotatable bonds is 6. The maximum atomic E-state index is 9.59. The van der Waals surface area contributed by atoms with E-state index in [2.05, 4.69) is 25.4 Å². The lowest BCUT2D eigenvalue weighted by atomic mass is 10.2. The van der Waals surface area contributed by atoms with E-state index in [0.29, 0.717) is 24.0 Å². The van der Waals surface area contributed by atoms with Gasteiger partial charge in [-0.2, -0.15) is 5.10 Å². The van der Waals surface area contributed by atoms with E-state index < -0.39 is 6.10 Å². The van der Waals surface area contributed by atoms with Crippen LogP contribution in [0.3, 0.4) is 0 Å². The van der Waals surface area contributed by atoms with Crippen LogP contribution in [0.5, 0.6) is 0 Å². The fourth-order valence-electron chi connectivity index (χ4n) is 1.72. The Kier molecular flexibility index (Phi) is 4.59. The lowest BCUT2D eigenvalue weighted by Crippen LogP contribution is -2.25. The van der Waals surface area contributed by atoms with Crippen molar-refractivity contribution in [2.75, 3.05) is 25.6 Å². The molecule has 0 saturated heterocycles. The number of hydrogen-bond donors (Lipinski definition) is 2. The molecular formula is C12H18N6O2. The Labute approximate surface area is 116 Å². The summed E-state index contributed by atoms with van der Waals surface area (Å²) in [6.45, 7) is 2.48. The van der Waals surface area contributed by atoms with Gasteiger partial charge in [-0.3, -0.25) is 0 Å². The third-order valence-corrected chi connectivity index (χ3v) is 2.75. The first-order chi connectivity index (χ1) is 9.61. The fourth-order valence-corrected chi connectivity index (χ4v) is 1.72. The molecule has 0 aliphatic carbocycles. The van der Waals surface area contributed by atoms with Crippen LogP contribution in [0, 0.1) is 6.92 Å². The van der Waals surface area contributed by atoms with Gasteiger partial charge in [0.15, 0.2) is 5.82 Å². The normalized spacial score (nSPS) is 12.4. The van der Waals surface area contributed by atoms with Gasteiger partial charge in [-0.05, 0) is 12.5 Å². The largest absolute Gasteiger partial charge is 0.389 e. The minimum absolute atomic E-state index is 0.259. The van der Waals surface area contributed by atoms with Crippen LogP contribution in [0.25, 0.3) is 11.5 Å². The summed E-state index contributed by atoms with van der Waals surface area (Å²) in [4.78, 5) is 12.8. The van der Waals surface area contributed by atoms with Crippen LogP contribution >= 0.6 is 0 Å². The summed E-state index contributed by atoms with van der Waals surface area (Å²) in [6.07, 6.45) is 2.58. The summed E-state index contributed by atoms with van der Waals surface area (Å²) in [6, 6.07) is 0. The van der Waals surface area contributed by atoms with Gasteiger partial charge in [0.2, 0.25) is 5.95 Å². The smallest absolute Gasteiger partial charge is 0.223 e. The van der Waals surface area contributed by atoms with Gasteiger partial charge in [-0.1, -0.05) is 0 Å². The van der Waals surface area contributed by atoms with E-state index in [0.717, 1.165) is 5.56 Å². The molecule has 0 aromatic carbocycles. The maximum Gasteiger partial charge on any atom is 0.223 e. The van der Waals surface area contributed by atoms with Crippen molar-refractivity contribution in [1.82, 2.24) is 24.7 Å². The third-order valence-electron chi connectivity index (χ3n) is 2.75. The van der Waals surface area contributed by atoms with E-state index in [4.69, 9.17) is 4.74 Å². The fraction of sp³-hybridized carbons (Fsp3) is 0.500. The lowest BCUT2D eigenvalue weighted by Gasteiger charge is -2.11. The van der Waals surface area contributed by atoms with Crippen LogP contribution in [-0.4, -0.2) is 56.2 Å². The summed E-state index contributed by atoms with van der Waals surface area (Å²) in [5.74, 6) is 1.11. The van der Waals surface area contributed by atoms with E-state index in [9.17, 15) is 5.11 Å². The minimum Gasteiger partial charge on any atom is -0.389 e. The molecule has 0 amide bonds. The number of nitrogens with one attached hydrogen (secondary N) is 1. The molecule has 0 aliphatic rings. The molecule has 108 valence electrons. The number of ether oxygens (including phenoxy) is 1. The Morgan fingerprint density at radius 3 is 2.90 bits per heavy atom. The molecule has 0 spiro atoms. The summed E-state index contributed by atoms with van der Waals surface area (Å²) >= 11 is 0. The first kappa shape index (κ1) is 14.4. The van der Waals surface area contributed by atoms with Crippen molar-refractivity contribution in [3.63, 3.8) is 0 Å². The zero-order chi connectivity index (χ0) is 14.5. The first-order valence-corrected chi connectivity index (χ1v) is 6.20. The van der Waals surface area contributed by atoms with E-state index in [-0.39, 0.29) is 6.61 Å². The monoisotopic (exact) mass is 278 g/mol. The number of aliphatic hydroxyl groups is 1. The highest BCUT2D eigenvalue weighted by atomic mass is 16.5. The molecule has 20 heavy (non-hydrogen) atoms. The van der Waals surface area contributed by atoms with Crippen molar-refractivity contribution >= 4 is 5.95 Å². The van der Waals surface area contributed by atoms with Crippen molar-refractivity contribution in [2.45, 2.75) is 13.0 Å². The molecule has 0 saturated carbocycles. The molecule has 2 heterocycles. The molecule has 0 fully saturated rings. The molecule has 1 unspecified atom stereocenters. The van der Waals surface area contributed by atoms with E-state index in [1.54, 1.807) is 17.9 Å². The minimum atomic E-state index is -0.608. The predicted octanol–water partition coefficient (Wildman–Crippen LogP) is -0.000280. The van der Waals surface area contributed by atoms with Crippen molar-refractivity contribution in [3.8, 4) is 11.5 Å². The van der Waals surface area contributed by atoms with Gasteiger partial charge in [0.05, 0.1) is 12.7 Å². The molecule has 2 aromatic heterocycles. The van der Waals surface area contributed by atoms with E-state index >= 15 is 0 Å². The SMILES string of the molecule is COCC(O)CNc1ncc(C)c(-c2ncnn2C)n1. The van der Waals surface area contributed by atoms with Crippen LogP contribution in [0.1, 0.15) is 5.56 Å². The summed E-state index contributed by atoms with van der Waals surface area (Å²) in [7, 11) is 3.34. The molecule has 2 rings (SSSR count). The van der Waals surface area contributed by atoms with Crippen molar-refractivity contribution in [3.05, 3.63) is 18.1 Å². The molecule has 2 N–H and O–H groups in total. The van der Waals surface area contributed by atoms with Crippen molar-refractivity contribution < 1.29 is 9.84 Å². The number of aliphatic hydroxyl groups excluding tert-OH is 1.